The van der Waals surface area contributed by atoms with Crippen molar-refractivity contribution in [2.24, 2.45) is 0 Å². The Balaban J connectivity index is 1.53. The van der Waals surface area contributed by atoms with Gasteiger partial charge in [-0.2, -0.15) is 0 Å². The van der Waals surface area contributed by atoms with Gasteiger partial charge in [-0.15, -0.1) is 5.10 Å². The van der Waals surface area contributed by atoms with Gasteiger partial charge in [0.15, 0.2) is 0 Å². The Morgan fingerprint density at radius 3 is 2.67 bits per heavy atom. The second-order valence-electron chi connectivity index (χ2n) is 8.85. The fourth-order valence-electron chi connectivity index (χ4n) is 4.57. The summed E-state index contributed by atoms with van der Waals surface area (Å²) < 4.78 is 7.25. The number of para-hydroxylation sites is 2. The van der Waals surface area contributed by atoms with Gasteiger partial charge >= 0.3 is 0 Å². The van der Waals surface area contributed by atoms with Gasteiger partial charge in [0.05, 0.1) is 11.6 Å². The van der Waals surface area contributed by atoms with Crippen LogP contribution in [0.1, 0.15) is 30.0 Å². The van der Waals surface area contributed by atoms with Crippen molar-refractivity contribution in [3.8, 4) is 0 Å². The SMILES string of the molecule is Cc1ccccc1N(C(=O)Cn1nnc2ccccc21)C(C(=O)NCC1CCCO1)c1ccncc1. The summed E-state index contributed by atoms with van der Waals surface area (Å²) in [5.41, 5.74) is 3.64. The molecule has 1 aliphatic rings. The third-order valence-electron chi connectivity index (χ3n) is 6.41. The van der Waals surface area contributed by atoms with E-state index in [4.69, 9.17) is 4.74 Å². The van der Waals surface area contributed by atoms with Gasteiger partial charge in [-0.3, -0.25) is 19.5 Å². The summed E-state index contributed by atoms with van der Waals surface area (Å²) in [6.07, 6.45) is 5.12. The van der Waals surface area contributed by atoms with E-state index in [1.165, 1.54) is 0 Å². The largest absolute Gasteiger partial charge is 0.376 e. The van der Waals surface area contributed by atoms with Crippen molar-refractivity contribution in [3.05, 3.63) is 84.2 Å². The number of rotatable bonds is 8. The van der Waals surface area contributed by atoms with Crippen molar-refractivity contribution in [2.45, 2.75) is 38.5 Å². The lowest BCUT2D eigenvalue weighted by Gasteiger charge is -2.32. The molecule has 4 aromatic rings. The number of aromatic nitrogens is 4. The second-order valence-corrected chi connectivity index (χ2v) is 8.85. The number of carbonyl (C=O) groups excluding carboxylic acids is 2. The molecule has 36 heavy (non-hydrogen) atoms. The van der Waals surface area contributed by atoms with E-state index in [0.717, 1.165) is 23.9 Å². The van der Waals surface area contributed by atoms with Crippen LogP contribution in [0.3, 0.4) is 0 Å². The van der Waals surface area contributed by atoms with Crippen LogP contribution >= 0.6 is 0 Å². The molecule has 0 saturated carbocycles. The van der Waals surface area contributed by atoms with Crippen molar-refractivity contribution >= 4 is 28.5 Å². The Hall–Kier alpha value is -4.11. The molecule has 1 N–H and O–H groups in total. The van der Waals surface area contributed by atoms with Crippen LogP contribution in [-0.4, -0.2) is 51.0 Å². The number of ether oxygens (including phenoxy) is 1. The van der Waals surface area contributed by atoms with Crippen molar-refractivity contribution in [2.75, 3.05) is 18.1 Å². The zero-order valence-corrected chi connectivity index (χ0v) is 20.1. The van der Waals surface area contributed by atoms with E-state index in [1.54, 1.807) is 34.1 Å². The first-order valence-corrected chi connectivity index (χ1v) is 12.1. The number of nitrogens with zero attached hydrogens (tertiary/aromatic N) is 5. The fourth-order valence-corrected chi connectivity index (χ4v) is 4.57. The van der Waals surface area contributed by atoms with Crippen LogP contribution in [0, 0.1) is 6.92 Å². The van der Waals surface area contributed by atoms with Gasteiger partial charge in [0.25, 0.3) is 0 Å². The van der Waals surface area contributed by atoms with E-state index in [-0.39, 0.29) is 24.5 Å². The molecule has 3 heterocycles. The Morgan fingerprint density at radius 1 is 1.11 bits per heavy atom. The highest BCUT2D eigenvalue weighted by molar-refractivity contribution is 6.02. The lowest BCUT2D eigenvalue weighted by atomic mass is 10.0. The van der Waals surface area contributed by atoms with E-state index >= 15 is 0 Å². The summed E-state index contributed by atoms with van der Waals surface area (Å²) in [7, 11) is 0. The molecular weight excluding hydrogens is 456 g/mol. The predicted molar refractivity (Wildman–Crippen MR) is 135 cm³/mol. The van der Waals surface area contributed by atoms with Gasteiger partial charge in [-0.05, 0) is 61.2 Å². The lowest BCUT2D eigenvalue weighted by Crippen LogP contribution is -2.47. The lowest BCUT2D eigenvalue weighted by molar-refractivity contribution is -0.127. The average Bonchev–Trinajstić information content (AvgIpc) is 3.57. The van der Waals surface area contributed by atoms with Crippen LogP contribution in [0.15, 0.2) is 73.1 Å². The minimum atomic E-state index is -0.905. The molecule has 2 aromatic heterocycles. The van der Waals surface area contributed by atoms with E-state index < -0.39 is 6.04 Å². The normalized spacial score (nSPS) is 16.1. The van der Waals surface area contributed by atoms with Crippen molar-refractivity contribution in [3.63, 3.8) is 0 Å². The van der Waals surface area contributed by atoms with Crippen LogP contribution in [-0.2, 0) is 20.9 Å². The summed E-state index contributed by atoms with van der Waals surface area (Å²) in [4.78, 5) is 33.4. The first kappa shape index (κ1) is 23.6. The van der Waals surface area contributed by atoms with Crippen LogP contribution in [0.4, 0.5) is 5.69 Å². The zero-order chi connectivity index (χ0) is 24.9. The molecule has 0 radical (unpaired) electrons. The van der Waals surface area contributed by atoms with Crippen LogP contribution in [0.5, 0.6) is 0 Å². The molecule has 9 nitrogen and oxygen atoms in total. The van der Waals surface area contributed by atoms with Gasteiger partial charge in [-0.1, -0.05) is 35.5 Å². The predicted octanol–water partition coefficient (Wildman–Crippen LogP) is 3.20. The van der Waals surface area contributed by atoms with E-state index in [1.807, 2.05) is 55.5 Å². The van der Waals surface area contributed by atoms with Crippen molar-refractivity contribution < 1.29 is 14.3 Å². The first-order chi connectivity index (χ1) is 17.6. The third-order valence-corrected chi connectivity index (χ3v) is 6.41. The highest BCUT2D eigenvalue weighted by Crippen LogP contribution is 2.31. The number of amides is 2. The van der Waals surface area contributed by atoms with Gasteiger partial charge in [0.2, 0.25) is 11.8 Å². The van der Waals surface area contributed by atoms with Gasteiger partial charge in [0.1, 0.15) is 18.1 Å². The highest BCUT2D eigenvalue weighted by atomic mass is 16.5. The summed E-state index contributed by atoms with van der Waals surface area (Å²) >= 11 is 0. The maximum absolute atomic E-state index is 14.0. The zero-order valence-electron chi connectivity index (χ0n) is 20.1. The molecule has 1 aliphatic heterocycles. The number of pyridine rings is 1. The molecule has 2 aromatic carbocycles. The number of nitrogens with one attached hydrogen (secondary N) is 1. The highest BCUT2D eigenvalue weighted by Gasteiger charge is 2.34. The number of aryl methyl sites for hydroxylation is 1. The van der Waals surface area contributed by atoms with Gasteiger partial charge in [-0.25, -0.2) is 4.68 Å². The van der Waals surface area contributed by atoms with Crippen molar-refractivity contribution in [1.29, 1.82) is 0 Å². The molecule has 2 unspecified atom stereocenters. The maximum Gasteiger partial charge on any atom is 0.249 e. The van der Waals surface area contributed by atoms with Crippen molar-refractivity contribution in [1.82, 2.24) is 25.3 Å². The molecule has 1 fully saturated rings. The molecule has 0 aliphatic carbocycles. The molecule has 9 heteroatoms. The number of carbonyl (C=O) groups is 2. The molecular formula is C27H28N6O3. The number of hydrogen-bond acceptors (Lipinski definition) is 6. The molecule has 184 valence electrons. The van der Waals surface area contributed by atoms with E-state index in [2.05, 4.69) is 20.6 Å². The minimum absolute atomic E-state index is 0.0174. The summed E-state index contributed by atoms with van der Waals surface area (Å²) in [6, 6.07) is 17.6. The van der Waals surface area contributed by atoms with Gasteiger partial charge in [0, 0.05) is 31.2 Å². The Morgan fingerprint density at radius 2 is 1.89 bits per heavy atom. The van der Waals surface area contributed by atoms with Crippen LogP contribution in [0.25, 0.3) is 11.0 Å². The Bertz CT molecular complexity index is 1350. The van der Waals surface area contributed by atoms with E-state index in [0.29, 0.717) is 29.9 Å². The van der Waals surface area contributed by atoms with Crippen LogP contribution < -0.4 is 10.2 Å². The number of benzene rings is 2. The molecule has 2 atom stereocenters. The quantitative estimate of drug-likeness (QED) is 0.412. The molecule has 1 saturated heterocycles. The summed E-state index contributed by atoms with van der Waals surface area (Å²) in [6.45, 7) is 2.95. The molecule has 2 amide bonds. The number of fused-ring (bicyclic) bond motifs is 1. The number of hydrogen-bond donors (Lipinski definition) is 1. The smallest absolute Gasteiger partial charge is 0.249 e. The fraction of sp³-hybridized carbons (Fsp3) is 0.296. The molecule has 5 rings (SSSR count). The topological polar surface area (TPSA) is 102 Å². The Kier molecular flexibility index (Phi) is 6.99. The molecule has 0 bridgehead atoms. The minimum Gasteiger partial charge on any atom is -0.376 e. The Labute approximate surface area is 209 Å². The molecule has 0 spiro atoms. The second kappa shape index (κ2) is 10.7. The van der Waals surface area contributed by atoms with Gasteiger partial charge < -0.3 is 10.1 Å². The first-order valence-electron chi connectivity index (χ1n) is 12.1. The number of anilines is 1. The summed E-state index contributed by atoms with van der Waals surface area (Å²) in [5.74, 6) is -0.564. The average molecular weight is 485 g/mol. The van der Waals surface area contributed by atoms with Crippen LogP contribution in [0.2, 0.25) is 0 Å². The summed E-state index contributed by atoms with van der Waals surface area (Å²) in [5, 5.41) is 11.4. The third kappa shape index (κ3) is 4.96. The maximum atomic E-state index is 14.0. The van der Waals surface area contributed by atoms with E-state index in [9.17, 15) is 9.59 Å². The standard InChI is InChI=1S/C27H28N6O3/c1-19-7-2-4-10-23(19)33(25(34)18-32-24-11-5-3-9-22(24)30-31-32)26(20-12-14-28-15-13-20)27(35)29-17-21-8-6-16-36-21/h2-5,7,9-15,21,26H,6,8,16-18H2,1H3,(H,29,35). The monoisotopic (exact) mass is 484 g/mol.